The van der Waals surface area contributed by atoms with Crippen LogP contribution >= 0.6 is 0 Å². The normalized spacial score (nSPS) is 12.4. The number of hydrogen-bond acceptors (Lipinski definition) is 9. The van der Waals surface area contributed by atoms with Gasteiger partial charge < -0.3 is 30.2 Å². The molecule has 0 fully saturated rings. The Bertz CT molecular complexity index is 1040. The van der Waals surface area contributed by atoms with E-state index in [9.17, 15) is 19.7 Å². The molecule has 11 nitrogen and oxygen atoms in total. The molecule has 1 atom stereocenters. The number of esters is 1. The van der Waals surface area contributed by atoms with E-state index in [1.807, 2.05) is 0 Å². The first-order chi connectivity index (χ1) is 30.2. The lowest BCUT2D eigenvalue weighted by atomic mass is 10.0. The molecule has 0 rings (SSSR count). The smallest absolute Gasteiger partial charge is 0.317 e. The highest BCUT2D eigenvalue weighted by Crippen LogP contribution is 2.17. The lowest BCUT2D eigenvalue weighted by molar-refractivity contribution is -0.426. The van der Waals surface area contributed by atoms with Crippen molar-refractivity contribution in [2.45, 2.75) is 272 Å². The Morgan fingerprint density at radius 1 is 0.581 bits per heavy atom. The maximum Gasteiger partial charge on any atom is 0.317 e. The van der Waals surface area contributed by atoms with Gasteiger partial charge in [-0.05, 0) is 95.2 Å². The van der Waals surface area contributed by atoms with Gasteiger partial charge in [-0.15, -0.1) is 0 Å². The minimum atomic E-state index is -0.671. The first-order valence-corrected chi connectivity index (χ1v) is 26.1. The van der Waals surface area contributed by atoms with Gasteiger partial charge in [-0.25, -0.2) is 0 Å². The molecule has 0 heterocycles. The summed E-state index contributed by atoms with van der Waals surface area (Å²) < 4.78 is 11.0. The molecule has 0 radical (unpaired) electrons. The molecule has 366 valence electrons. The molecule has 0 bridgehead atoms. The van der Waals surface area contributed by atoms with Gasteiger partial charge in [0.15, 0.2) is 0 Å². The maximum absolute atomic E-state index is 12.3. The molecule has 0 aliphatic carbocycles. The summed E-state index contributed by atoms with van der Waals surface area (Å²) >= 11 is 0. The Morgan fingerprint density at radius 3 is 1.39 bits per heavy atom. The number of hydrogen-bond donors (Lipinski definition) is 2. The molecule has 0 amide bonds. The van der Waals surface area contributed by atoms with Crippen LogP contribution in [0.3, 0.4) is 0 Å². The number of carbonyl (C=O) groups is 2. The topological polar surface area (TPSA) is 163 Å². The van der Waals surface area contributed by atoms with Crippen LogP contribution in [0, 0.1) is 10.1 Å². The minimum Gasteiger partial charge on any atom is -0.465 e. The highest BCUT2D eigenvalue weighted by atomic mass is 16.6. The minimum absolute atomic E-state index is 0.0298. The van der Waals surface area contributed by atoms with Crippen LogP contribution in [-0.2, 0) is 19.1 Å². The van der Waals surface area contributed by atoms with Crippen LogP contribution in [0.15, 0.2) is 16.9 Å². The van der Waals surface area contributed by atoms with Crippen molar-refractivity contribution in [2.75, 3.05) is 26.2 Å². The number of aliphatic imine (C=N–C) groups is 1. The summed E-state index contributed by atoms with van der Waals surface area (Å²) in [7, 11) is 0. The number of carbonyl (C=O) groups excluding carboxylic acids is 2. The molecule has 11 heteroatoms. The van der Waals surface area contributed by atoms with E-state index in [0.29, 0.717) is 19.4 Å². The fraction of sp³-hybridized carbons (Fsp3) is 0.902. The molecule has 0 spiro atoms. The predicted octanol–water partition coefficient (Wildman–Crippen LogP) is 13.9. The van der Waals surface area contributed by atoms with Crippen LogP contribution in [0.2, 0.25) is 0 Å². The molecule has 0 saturated carbocycles. The molecule has 0 saturated heterocycles. The standard InChI is InChI=1S/C33H65N5O4.C18H36O2/c1-4-7-9-11-14-18-23-30(6-3)42-33(39)24-19-15-13-17-21-27-37(26-20-16-12-10-8-5-2)28-22-25-36-31(34)29-32(35)38(40)41;1-3-5-7-9-11-13-15-18(20-17-19)16-14-12-10-8-6-4-2/h29-30H,4-28,35H2,1-3H3,(H2,34,36);17-18H,3-16H2,1-2H3/b32-29+;. The van der Waals surface area contributed by atoms with E-state index in [0.717, 1.165) is 96.3 Å². The van der Waals surface area contributed by atoms with Crippen molar-refractivity contribution < 1.29 is 24.0 Å². The van der Waals surface area contributed by atoms with Gasteiger partial charge in [0, 0.05) is 13.0 Å². The quantitative estimate of drug-likeness (QED) is 0.0115. The van der Waals surface area contributed by atoms with Gasteiger partial charge >= 0.3 is 11.8 Å². The predicted molar refractivity (Wildman–Crippen MR) is 263 cm³/mol. The Morgan fingerprint density at radius 2 is 0.968 bits per heavy atom. The van der Waals surface area contributed by atoms with Crippen LogP contribution in [0.5, 0.6) is 0 Å². The Hall–Kier alpha value is -2.69. The van der Waals surface area contributed by atoms with Crippen molar-refractivity contribution in [2.24, 2.45) is 16.5 Å². The van der Waals surface area contributed by atoms with E-state index in [2.05, 4.69) is 44.5 Å². The van der Waals surface area contributed by atoms with Crippen molar-refractivity contribution >= 4 is 18.3 Å². The molecule has 0 aliphatic rings. The summed E-state index contributed by atoms with van der Waals surface area (Å²) in [6.45, 7) is 15.3. The van der Waals surface area contributed by atoms with Crippen molar-refractivity contribution in [3.63, 3.8) is 0 Å². The fourth-order valence-corrected chi connectivity index (χ4v) is 7.75. The zero-order chi connectivity index (χ0) is 46.2. The van der Waals surface area contributed by atoms with Crippen LogP contribution in [0.25, 0.3) is 0 Å². The zero-order valence-electron chi connectivity index (χ0n) is 41.3. The first-order valence-electron chi connectivity index (χ1n) is 26.1. The zero-order valence-corrected chi connectivity index (χ0v) is 41.3. The van der Waals surface area contributed by atoms with Crippen molar-refractivity contribution in [3.8, 4) is 0 Å². The molecule has 4 N–H and O–H groups in total. The number of unbranched alkanes of at least 4 members (excludes halogenated alkanes) is 24. The van der Waals surface area contributed by atoms with Crippen molar-refractivity contribution in [1.29, 1.82) is 0 Å². The largest absolute Gasteiger partial charge is 0.465 e. The van der Waals surface area contributed by atoms with E-state index in [-0.39, 0.29) is 24.0 Å². The Kier molecular flexibility index (Phi) is 48.8. The lowest BCUT2D eigenvalue weighted by Gasteiger charge is -2.22. The number of amidine groups is 1. The second-order valence-corrected chi connectivity index (χ2v) is 17.7. The second kappa shape index (κ2) is 49.3. The van der Waals surface area contributed by atoms with E-state index in [4.69, 9.17) is 20.9 Å². The Balaban J connectivity index is 0. The number of rotatable bonds is 46. The average Bonchev–Trinajstić information content (AvgIpc) is 3.26. The summed E-state index contributed by atoms with van der Waals surface area (Å²) in [4.78, 5) is 39.5. The molecule has 1 unspecified atom stereocenters. The van der Waals surface area contributed by atoms with Gasteiger partial charge in [-0.1, -0.05) is 182 Å². The molecule has 0 aromatic carbocycles. The van der Waals surface area contributed by atoms with Gasteiger partial charge in [0.1, 0.15) is 18.0 Å². The van der Waals surface area contributed by atoms with Crippen LogP contribution in [0.4, 0.5) is 0 Å². The number of nitrogens with zero attached hydrogens (tertiary/aromatic N) is 3. The van der Waals surface area contributed by atoms with Gasteiger partial charge in [-0.2, -0.15) is 0 Å². The molecule has 0 aromatic heterocycles. The van der Waals surface area contributed by atoms with E-state index >= 15 is 0 Å². The fourth-order valence-electron chi connectivity index (χ4n) is 7.75. The van der Waals surface area contributed by atoms with Crippen molar-refractivity contribution in [1.82, 2.24) is 4.90 Å². The first kappa shape index (κ1) is 61.4. The summed E-state index contributed by atoms with van der Waals surface area (Å²) in [5, 5.41) is 10.6. The monoisotopic (exact) mass is 880 g/mol. The molecule has 0 aliphatic heterocycles. The second-order valence-electron chi connectivity index (χ2n) is 17.7. The molecule has 62 heavy (non-hydrogen) atoms. The third-order valence-electron chi connectivity index (χ3n) is 11.8. The summed E-state index contributed by atoms with van der Waals surface area (Å²) in [6.07, 6.45) is 43.1. The molecule has 0 aromatic rings. The SMILES string of the molecule is CCCCCCCCC(CC)OC(=O)CCCCCCCN(CCCCCCCC)CCCN=C(N)/C=C(\N)[N+](=O)[O-].CCCCCCCCC(CCCCCCCC)OC=O. The van der Waals surface area contributed by atoms with Crippen LogP contribution in [0.1, 0.15) is 259 Å². The van der Waals surface area contributed by atoms with E-state index in [1.165, 1.54) is 148 Å². The average molecular weight is 880 g/mol. The Labute approximate surface area is 382 Å². The van der Waals surface area contributed by atoms with E-state index in [1.54, 1.807) is 0 Å². The molecular weight excluding hydrogens is 779 g/mol. The number of nitro groups is 1. The summed E-state index contributed by atoms with van der Waals surface area (Å²) in [5.41, 5.74) is 11.0. The lowest BCUT2D eigenvalue weighted by Crippen LogP contribution is -2.28. The van der Waals surface area contributed by atoms with Crippen LogP contribution < -0.4 is 11.5 Å². The number of ether oxygens (including phenoxy) is 2. The maximum atomic E-state index is 12.3. The molecular formula is C51H101N5O6. The van der Waals surface area contributed by atoms with E-state index < -0.39 is 10.7 Å². The van der Waals surface area contributed by atoms with Crippen LogP contribution in [-0.4, -0.2) is 66.5 Å². The van der Waals surface area contributed by atoms with Gasteiger partial charge in [0.25, 0.3) is 6.47 Å². The highest BCUT2D eigenvalue weighted by Gasteiger charge is 2.13. The number of nitrogens with two attached hydrogens (primary N) is 2. The third kappa shape index (κ3) is 45.3. The summed E-state index contributed by atoms with van der Waals surface area (Å²) in [5.74, 6) is -0.428. The van der Waals surface area contributed by atoms with Gasteiger partial charge in [0.2, 0.25) is 0 Å². The third-order valence-corrected chi connectivity index (χ3v) is 11.8. The highest BCUT2D eigenvalue weighted by molar-refractivity contribution is 5.91. The van der Waals surface area contributed by atoms with Gasteiger partial charge in [0.05, 0.1) is 6.08 Å². The van der Waals surface area contributed by atoms with Gasteiger partial charge in [-0.3, -0.25) is 20.3 Å². The summed E-state index contributed by atoms with van der Waals surface area (Å²) in [6, 6.07) is 0. The van der Waals surface area contributed by atoms with Crippen molar-refractivity contribution in [3.05, 3.63) is 22.0 Å².